The fourth-order valence-corrected chi connectivity index (χ4v) is 15.3. The van der Waals surface area contributed by atoms with Gasteiger partial charge < -0.3 is 5.11 Å². The minimum atomic E-state index is -2.11. The Hall–Kier alpha value is -5.31. The molecule has 3 aliphatic rings. The van der Waals surface area contributed by atoms with E-state index in [4.69, 9.17) is 9.97 Å². The second-order valence-corrected chi connectivity index (χ2v) is 28.0. The van der Waals surface area contributed by atoms with Gasteiger partial charge in [0.05, 0.1) is 22.3 Å². The van der Waals surface area contributed by atoms with Gasteiger partial charge in [-0.3, -0.25) is 9.55 Å². The van der Waals surface area contributed by atoms with Crippen molar-refractivity contribution in [2.24, 2.45) is 0 Å². The molecular weight excluding hydrogens is 715 g/mol. The number of nitrogens with zero attached hydrogens (tertiary/aromatic N) is 3. The average molecular weight is 764 g/mol. The zero-order chi connectivity index (χ0) is 39.3. The van der Waals surface area contributed by atoms with Crippen LogP contribution in [0.25, 0.3) is 72.8 Å². The van der Waals surface area contributed by atoms with Gasteiger partial charge in [-0.05, 0) is 95.7 Å². The minimum Gasteiger partial charge on any atom is -0.507 e. The van der Waals surface area contributed by atoms with Gasteiger partial charge in [-0.2, -0.15) is 0 Å². The third-order valence-electron chi connectivity index (χ3n) is 12.8. The summed E-state index contributed by atoms with van der Waals surface area (Å²) in [6.45, 7) is 23.4. The van der Waals surface area contributed by atoms with Crippen LogP contribution in [0.3, 0.4) is 0 Å². The van der Waals surface area contributed by atoms with Crippen LogP contribution in [0.4, 0.5) is 0 Å². The Balaban J connectivity index is 1.28. The van der Waals surface area contributed by atoms with Gasteiger partial charge in [-0.25, -0.2) is 4.98 Å². The Kier molecular flexibility index (Phi) is 7.15. The number of rotatable bonds is 3. The summed E-state index contributed by atoms with van der Waals surface area (Å²) in [5.74, 6) is 1.21. The molecule has 6 heteroatoms. The van der Waals surface area contributed by atoms with Gasteiger partial charge in [-0.15, -0.1) is 0 Å². The lowest BCUT2D eigenvalue weighted by Crippen LogP contribution is -2.50. The molecule has 1 N–H and O–H groups in total. The zero-order valence-electron chi connectivity index (χ0n) is 34.2. The van der Waals surface area contributed by atoms with E-state index in [0.717, 1.165) is 55.9 Å². The van der Waals surface area contributed by atoms with Crippen molar-refractivity contribution in [3.8, 4) is 61.8 Å². The van der Waals surface area contributed by atoms with Crippen molar-refractivity contribution in [1.29, 1.82) is 0 Å². The van der Waals surface area contributed by atoms with Crippen LogP contribution in [0, 0.1) is 0 Å². The standard InChI is InChI=1S/C50H49N3OSi2/c1-49(2,3)33-24-31(23-32(25-33)36-26-30(21-22-51-36)29-15-12-11-13-16-29)34-17-14-18-37-46(34)52-48-45-44-41(27-35(47(45)54)50(4,5)6)56(9,10)40-20-19-39-42(43(40)44)38(53(37)48)28-55(39,7)8/h11-28,54H,1-10H3. The molecule has 2 aromatic heterocycles. The molecule has 0 spiro atoms. The lowest BCUT2D eigenvalue weighted by Gasteiger charge is -2.27. The number of phenols is 1. The Labute approximate surface area is 332 Å². The predicted molar refractivity (Wildman–Crippen MR) is 241 cm³/mol. The van der Waals surface area contributed by atoms with E-state index in [1.807, 2.05) is 6.20 Å². The second kappa shape index (κ2) is 11.4. The first-order valence-electron chi connectivity index (χ1n) is 20.0. The number of aromatic nitrogens is 3. The Morgan fingerprint density at radius 1 is 0.607 bits per heavy atom. The largest absolute Gasteiger partial charge is 0.507 e. The van der Waals surface area contributed by atoms with Gasteiger partial charge in [0.25, 0.3) is 0 Å². The lowest BCUT2D eigenvalue weighted by molar-refractivity contribution is 0.449. The number of hydrogen-bond acceptors (Lipinski definition) is 3. The first-order valence-corrected chi connectivity index (χ1v) is 26.1. The maximum Gasteiger partial charge on any atom is 0.150 e. The summed E-state index contributed by atoms with van der Waals surface area (Å²) < 4.78 is 2.41. The van der Waals surface area contributed by atoms with Crippen LogP contribution in [-0.4, -0.2) is 35.8 Å². The number of hydrogen-bond donors (Lipinski definition) is 1. The molecule has 278 valence electrons. The molecule has 0 amide bonds. The molecule has 5 aromatic carbocycles. The molecule has 0 atom stereocenters. The summed E-state index contributed by atoms with van der Waals surface area (Å²) >= 11 is 0. The number of pyridine rings is 1. The highest BCUT2D eigenvalue weighted by Gasteiger charge is 2.48. The van der Waals surface area contributed by atoms with Crippen LogP contribution in [-0.2, 0) is 10.8 Å². The second-order valence-electron chi connectivity index (χ2n) is 19.4. The molecule has 0 saturated carbocycles. The van der Waals surface area contributed by atoms with Crippen LogP contribution >= 0.6 is 0 Å². The first kappa shape index (κ1) is 35.1. The molecule has 10 rings (SSSR count). The average Bonchev–Trinajstić information content (AvgIpc) is 3.71. The van der Waals surface area contributed by atoms with Crippen molar-refractivity contribution in [2.45, 2.75) is 78.6 Å². The van der Waals surface area contributed by atoms with Crippen LogP contribution < -0.4 is 15.6 Å². The van der Waals surface area contributed by atoms with Crippen molar-refractivity contribution in [1.82, 2.24) is 14.5 Å². The quantitative estimate of drug-likeness (QED) is 0.182. The number of aromatic hydroxyl groups is 1. The number of phenolic OH excluding ortho intramolecular Hbond substituents is 1. The Morgan fingerprint density at radius 3 is 2.05 bits per heavy atom. The van der Waals surface area contributed by atoms with Gasteiger partial charge >= 0.3 is 0 Å². The third kappa shape index (κ3) is 4.88. The van der Waals surface area contributed by atoms with E-state index in [9.17, 15) is 5.11 Å². The topological polar surface area (TPSA) is 50.9 Å². The summed E-state index contributed by atoms with van der Waals surface area (Å²) in [5.41, 5.74) is 19.1. The molecule has 5 heterocycles. The SMILES string of the molecule is CC(C)(C)c1cc(-c2cc(-c3ccccc3)ccn2)cc(-c2cccc3c2nc2n3C3=C[Si](C)(C)c4ccc5c(c43)-c3c(cc(C(C)(C)C)c(O)c3-2)[Si]5(C)C)c1. The van der Waals surface area contributed by atoms with Crippen molar-refractivity contribution in [3.63, 3.8) is 0 Å². The molecule has 0 fully saturated rings. The highest BCUT2D eigenvalue weighted by atomic mass is 28.3. The maximum atomic E-state index is 12.6. The van der Waals surface area contributed by atoms with Gasteiger partial charge in [0.1, 0.15) is 27.7 Å². The Morgan fingerprint density at radius 2 is 1.32 bits per heavy atom. The van der Waals surface area contributed by atoms with Gasteiger partial charge in [0.15, 0.2) is 0 Å². The van der Waals surface area contributed by atoms with Crippen molar-refractivity contribution in [2.75, 3.05) is 0 Å². The van der Waals surface area contributed by atoms with Gasteiger partial charge in [0.2, 0.25) is 0 Å². The van der Waals surface area contributed by atoms with E-state index in [1.165, 1.54) is 49.1 Å². The maximum absolute atomic E-state index is 12.6. The third-order valence-corrected chi connectivity index (χ3v) is 19.1. The highest BCUT2D eigenvalue weighted by Crippen LogP contribution is 2.53. The van der Waals surface area contributed by atoms with Crippen LogP contribution in [0.2, 0.25) is 26.2 Å². The molecule has 0 saturated heterocycles. The van der Waals surface area contributed by atoms with Crippen molar-refractivity contribution >= 4 is 48.4 Å². The van der Waals surface area contributed by atoms with E-state index < -0.39 is 16.1 Å². The molecule has 0 bridgehead atoms. The minimum absolute atomic E-state index is 0.0971. The number of fused-ring (bicyclic) bond motifs is 5. The van der Waals surface area contributed by atoms with Crippen molar-refractivity contribution in [3.05, 3.63) is 126 Å². The normalized spacial score (nSPS) is 15.8. The van der Waals surface area contributed by atoms with E-state index in [1.54, 1.807) is 0 Å². The fraction of sp³-hybridized carbons (Fsp3) is 0.240. The van der Waals surface area contributed by atoms with E-state index in [2.05, 4.69) is 175 Å². The van der Waals surface area contributed by atoms with Crippen LogP contribution in [0.5, 0.6) is 5.75 Å². The summed E-state index contributed by atoms with van der Waals surface area (Å²) in [5, 5.41) is 17.0. The summed E-state index contributed by atoms with van der Waals surface area (Å²) in [6, 6.07) is 35.6. The molecule has 7 aromatic rings. The molecular formula is C50H49N3OSi2. The van der Waals surface area contributed by atoms with Gasteiger partial charge in [0, 0.05) is 28.6 Å². The number of imidazole rings is 1. The zero-order valence-corrected chi connectivity index (χ0v) is 36.2. The molecule has 0 aliphatic carbocycles. The first-order chi connectivity index (χ1) is 26.4. The fourth-order valence-electron chi connectivity index (χ4n) is 9.72. The number of para-hydroxylation sites is 1. The van der Waals surface area contributed by atoms with E-state index in [-0.39, 0.29) is 10.8 Å². The smallest absolute Gasteiger partial charge is 0.150 e. The van der Waals surface area contributed by atoms with Crippen molar-refractivity contribution < 1.29 is 5.11 Å². The van der Waals surface area contributed by atoms with Crippen LogP contribution in [0.15, 0.2) is 109 Å². The molecule has 3 aliphatic heterocycles. The highest BCUT2D eigenvalue weighted by molar-refractivity contribution is 7.04. The molecule has 0 radical (unpaired) electrons. The van der Waals surface area contributed by atoms with E-state index >= 15 is 0 Å². The van der Waals surface area contributed by atoms with E-state index in [0.29, 0.717) is 5.75 Å². The molecule has 4 nitrogen and oxygen atoms in total. The summed E-state index contributed by atoms with van der Waals surface area (Å²) in [6.07, 6.45) is 1.92. The van der Waals surface area contributed by atoms with Crippen LogP contribution in [0.1, 0.15) is 58.2 Å². The predicted octanol–water partition coefficient (Wildman–Crippen LogP) is 10.9. The summed E-state index contributed by atoms with van der Waals surface area (Å²) in [7, 11) is -4.06. The number of benzene rings is 5. The lowest BCUT2D eigenvalue weighted by atomic mass is 9.82. The molecule has 0 unspecified atom stereocenters. The molecule has 56 heavy (non-hydrogen) atoms. The Bertz CT molecular complexity index is 2880. The van der Waals surface area contributed by atoms with Gasteiger partial charge in [-0.1, -0.05) is 140 Å². The monoisotopic (exact) mass is 763 g/mol. The summed E-state index contributed by atoms with van der Waals surface area (Å²) in [4.78, 5) is 10.6.